The van der Waals surface area contributed by atoms with Crippen LogP contribution >= 0.6 is 23.4 Å². The van der Waals surface area contributed by atoms with Crippen LogP contribution < -0.4 is 0 Å². The fourth-order valence-electron chi connectivity index (χ4n) is 1.54. The minimum absolute atomic E-state index is 0.611. The molecule has 2 aromatic rings. The standard InChI is InChI=1S/C13H14ClN3S/c1-9-4-6-11(7-5-9)12-15-16-13(17(12)3)18-8-10(2)14/h4-7H,2,8H2,1,3H3. The average molecular weight is 280 g/mol. The molecule has 0 saturated carbocycles. The Hall–Kier alpha value is -1.26. The summed E-state index contributed by atoms with van der Waals surface area (Å²) in [5.74, 6) is 1.50. The second kappa shape index (κ2) is 5.59. The van der Waals surface area contributed by atoms with Crippen molar-refractivity contribution in [2.75, 3.05) is 5.75 Å². The van der Waals surface area contributed by atoms with Gasteiger partial charge in [-0.3, -0.25) is 0 Å². The van der Waals surface area contributed by atoms with E-state index in [4.69, 9.17) is 11.6 Å². The van der Waals surface area contributed by atoms with Gasteiger partial charge in [0.25, 0.3) is 0 Å². The zero-order valence-electron chi connectivity index (χ0n) is 10.4. The summed E-state index contributed by atoms with van der Waals surface area (Å²) in [6.07, 6.45) is 0. The Balaban J connectivity index is 2.25. The van der Waals surface area contributed by atoms with Crippen LogP contribution in [0.15, 0.2) is 41.0 Å². The van der Waals surface area contributed by atoms with E-state index in [1.165, 1.54) is 17.3 Å². The van der Waals surface area contributed by atoms with Crippen molar-refractivity contribution in [1.29, 1.82) is 0 Å². The molecule has 0 amide bonds. The van der Waals surface area contributed by atoms with Crippen LogP contribution in [0.4, 0.5) is 0 Å². The molecule has 0 radical (unpaired) electrons. The molecule has 18 heavy (non-hydrogen) atoms. The summed E-state index contributed by atoms with van der Waals surface area (Å²) in [5.41, 5.74) is 2.29. The largest absolute Gasteiger partial charge is 0.305 e. The molecule has 1 aromatic heterocycles. The molecule has 5 heteroatoms. The maximum absolute atomic E-state index is 5.75. The smallest absolute Gasteiger partial charge is 0.191 e. The summed E-state index contributed by atoms with van der Waals surface area (Å²) in [4.78, 5) is 0. The SMILES string of the molecule is C=C(Cl)CSc1nnc(-c2ccc(C)cc2)n1C. The highest BCUT2D eigenvalue weighted by atomic mass is 35.5. The van der Waals surface area contributed by atoms with Gasteiger partial charge >= 0.3 is 0 Å². The van der Waals surface area contributed by atoms with E-state index in [9.17, 15) is 0 Å². The molecule has 0 bridgehead atoms. The minimum Gasteiger partial charge on any atom is -0.305 e. The molecule has 0 unspecified atom stereocenters. The fourth-order valence-corrected chi connectivity index (χ4v) is 2.37. The number of benzene rings is 1. The summed E-state index contributed by atoms with van der Waals surface area (Å²) >= 11 is 7.28. The Morgan fingerprint density at radius 3 is 2.61 bits per heavy atom. The zero-order chi connectivity index (χ0) is 13.1. The van der Waals surface area contributed by atoms with E-state index in [0.717, 1.165) is 16.5 Å². The van der Waals surface area contributed by atoms with Crippen LogP contribution in [0.1, 0.15) is 5.56 Å². The Labute approximate surface area is 116 Å². The minimum atomic E-state index is 0.611. The van der Waals surface area contributed by atoms with E-state index < -0.39 is 0 Å². The van der Waals surface area contributed by atoms with E-state index in [1.807, 2.05) is 23.7 Å². The first-order valence-corrected chi connectivity index (χ1v) is 6.87. The van der Waals surface area contributed by atoms with Crippen LogP contribution in [-0.4, -0.2) is 20.5 Å². The molecule has 0 atom stereocenters. The van der Waals surface area contributed by atoms with Gasteiger partial charge in [0, 0.05) is 23.4 Å². The summed E-state index contributed by atoms with van der Waals surface area (Å²) in [6.45, 7) is 5.72. The molecule has 0 N–H and O–H groups in total. The Morgan fingerprint density at radius 1 is 1.33 bits per heavy atom. The number of hydrogen-bond acceptors (Lipinski definition) is 3. The highest BCUT2D eigenvalue weighted by Gasteiger charge is 2.10. The lowest BCUT2D eigenvalue weighted by Crippen LogP contribution is -1.95. The van der Waals surface area contributed by atoms with Crippen molar-refractivity contribution in [3.05, 3.63) is 41.4 Å². The van der Waals surface area contributed by atoms with Gasteiger partial charge in [0.15, 0.2) is 11.0 Å². The summed E-state index contributed by atoms with van der Waals surface area (Å²) in [6, 6.07) is 8.23. The average Bonchev–Trinajstić information content (AvgIpc) is 2.69. The van der Waals surface area contributed by atoms with Crippen molar-refractivity contribution < 1.29 is 0 Å². The summed E-state index contributed by atoms with van der Waals surface area (Å²) < 4.78 is 1.97. The van der Waals surface area contributed by atoms with Crippen molar-refractivity contribution in [1.82, 2.24) is 14.8 Å². The van der Waals surface area contributed by atoms with Gasteiger partial charge in [0.05, 0.1) is 0 Å². The molecular formula is C13H14ClN3S. The van der Waals surface area contributed by atoms with E-state index in [1.54, 1.807) is 0 Å². The number of hydrogen-bond donors (Lipinski definition) is 0. The molecule has 0 saturated heterocycles. The highest BCUT2D eigenvalue weighted by molar-refractivity contribution is 7.99. The third kappa shape index (κ3) is 2.94. The first-order valence-electron chi connectivity index (χ1n) is 5.50. The second-order valence-corrected chi connectivity index (χ2v) is 5.51. The fraction of sp³-hybridized carbons (Fsp3) is 0.231. The van der Waals surface area contributed by atoms with Crippen LogP contribution in [0.3, 0.4) is 0 Å². The first kappa shape index (κ1) is 13.2. The lowest BCUT2D eigenvalue weighted by Gasteiger charge is -2.03. The van der Waals surface area contributed by atoms with E-state index in [2.05, 4.69) is 35.8 Å². The van der Waals surface area contributed by atoms with Gasteiger partial charge < -0.3 is 4.57 Å². The third-order valence-electron chi connectivity index (χ3n) is 2.50. The van der Waals surface area contributed by atoms with Crippen LogP contribution in [0.2, 0.25) is 0 Å². The molecule has 0 spiro atoms. The van der Waals surface area contributed by atoms with Gasteiger partial charge in [-0.25, -0.2) is 0 Å². The van der Waals surface area contributed by atoms with Gasteiger partial charge in [0.2, 0.25) is 0 Å². The third-order valence-corrected chi connectivity index (χ3v) is 3.90. The van der Waals surface area contributed by atoms with E-state index >= 15 is 0 Å². The molecule has 1 heterocycles. The van der Waals surface area contributed by atoms with Crippen LogP contribution in [0.25, 0.3) is 11.4 Å². The van der Waals surface area contributed by atoms with Crippen molar-refractivity contribution in [2.24, 2.45) is 7.05 Å². The Bertz CT molecular complexity index is 560. The van der Waals surface area contributed by atoms with Crippen molar-refractivity contribution in [2.45, 2.75) is 12.1 Å². The van der Waals surface area contributed by atoms with Gasteiger partial charge in [-0.15, -0.1) is 10.2 Å². The molecular weight excluding hydrogens is 266 g/mol. The molecule has 0 aliphatic heterocycles. The molecule has 0 aliphatic rings. The zero-order valence-corrected chi connectivity index (χ0v) is 11.9. The maximum Gasteiger partial charge on any atom is 0.191 e. The van der Waals surface area contributed by atoms with E-state index in [0.29, 0.717) is 10.8 Å². The monoisotopic (exact) mass is 279 g/mol. The van der Waals surface area contributed by atoms with Gasteiger partial charge in [-0.1, -0.05) is 59.8 Å². The van der Waals surface area contributed by atoms with Gasteiger partial charge in [-0.05, 0) is 6.92 Å². The summed E-state index contributed by atoms with van der Waals surface area (Å²) in [7, 11) is 1.95. The normalized spacial score (nSPS) is 10.6. The van der Waals surface area contributed by atoms with Crippen molar-refractivity contribution >= 4 is 23.4 Å². The summed E-state index contributed by atoms with van der Waals surface area (Å²) in [5, 5.41) is 9.83. The quantitative estimate of drug-likeness (QED) is 0.801. The lowest BCUT2D eigenvalue weighted by atomic mass is 10.1. The number of thioether (sulfide) groups is 1. The van der Waals surface area contributed by atoms with Crippen LogP contribution in [-0.2, 0) is 7.05 Å². The van der Waals surface area contributed by atoms with Crippen LogP contribution in [0.5, 0.6) is 0 Å². The molecule has 0 fully saturated rings. The maximum atomic E-state index is 5.75. The van der Waals surface area contributed by atoms with E-state index in [-0.39, 0.29) is 0 Å². The molecule has 0 aliphatic carbocycles. The van der Waals surface area contributed by atoms with Crippen LogP contribution in [0, 0.1) is 6.92 Å². The number of aryl methyl sites for hydroxylation is 1. The number of rotatable bonds is 4. The molecule has 2 rings (SSSR count). The molecule has 1 aromatic carbocycles. The first-order chi connectivity index (χ1) is 8.58. The predicted octanol–water partition coefficient (Wildman–Crippen LogP) is 3.64. The predicted molar refractivity (Wildman–Crippen MR) is 76.9 cm³/mol. The second-order valence-electron chi connectivity index (χ2n) is 4.04. The van der Waals surface area contributed by atoms with Crippen molar-refractivity contribution in [3.63, 3.8) is 0 Å². The van der Waals surface area contributed by atoms with Gasteiger partial charge in [-0.2, -0.15) is 0 Å². The Morgan fingerprint density at radius 2 is 2.00 bits per heavy atom. The Kier molecular flexibility index (Phi) is 4.09. The number of aromatic nitrogens is 3. The molecule has 94 valence electrons. The van der Waals surface area contributed by atoms with Crippen molar-refractivity contribution in [3.8, 4) is 11.4 Å². The van der Waals surface area contributed by atoms with Gasteiger partial charge in [0.1, 0.15) is 0 Å². The highest BCUT2D eigenvalue weighted by Crippen LogP contribution is 2.24. The lowest BCUT2D eigenvalue weighted by molar-refractivity contribution is 0.795. The number of halogens is 1. The topological polar surface area (TPSA) is 30.7 Å². The number of nitrogens with zero attached hydrogens (tertiary/aromatic N) is 3. The molecule has 3 nitrogen and oxygen atoms in total.